The highest BCUT2D eigenvalue weighted by Crippen LogP contribution is 2.28. The Balaban J connectivity index is 2.22. The van der Waals surface area contributed by atoms with Gasteiger partial charge in [0, 0.05) is 12.4 Å². The Labute approximate surface area is 86.9 Å². The highest BCUT2D eigenvalue weighted by molar-refractivity contribution is 5.22. The van der Waals surface area contributed by atoms with Crippen LogP contribution in [-0.4, -0.2) is 15.5 Å². The van der Waals surface area contributed by atoms with Gasteiger partial charge in [-0.3, -0.25) is 0 Å². The summed E-state index contributed by atoms with van der Waals surface area (Å²) in [6, 6.07) is 1.91. The fourth-order valence-corrected chi connectivity index (χ4v) is 1.04. The predicted molar refractivity (Wildman–Crippen MR) is 52.8 cm³/mol. The van der Waals surface area contributed by atoms with Crippen LogP contribution in [0, 0.1) is 0 Å². The Kier molecular flexibility index (Phi) is 2.11. The van der Waals surface area contributed by atoms with E-state index in [1.54, 1.807) is 18.5 Å². The van der Waals surface area contributed by atoms with Gasteiger partial charge in [-0.05, 0) is 19.9 Å². The molecule has 1 aromatic rings. The van der Waals surface area contributed by atoms with Gasteiger partial charge in [-0.15, -0.1) is 5.11 Å². The number of azo groups is 1. The molecule has 0 atom stereocenters. The lowest BCUT2D eigenvalue weighted by Gasteiger charge is -2.12. The van der Waals surface area contributed by atoms with Crippen LogP contribution in [0.5, 0.6) is 6.01 Å². The first-order valence-electron chi connectivity index (χ1n) is 4.47. The molecule has 15 heavy (non-hydrogen) atoms. The highest BCUT2D eigenvalue weighted by atomic mass is 16.5. The van der Waals surface area contributed by atoms with E-state index in [9.17, 15) is 0 Å². The Hall–Kier alpha value is -1.98. The SMILES string of the molecule is CC1(C)N=NC(Oc2ncccn2)=C1N. The summed E-state index contributed by atoms with van der Waals surface area (Å²) in [5, 5.41) is 7.81. The van der Waals surface area contributed by atoms with Crippen molar-refractivity contribution < 1.29 is 4.74 Å². The second-order valence-electron chi connectivity index (χ2n) is 3.61. The van der Waals surface area contributed by atoms with Crippen LogP contribution in [0.4, 0.5) is 0 Å². The van der Waals surface area contributed by atoms with Gasteiger partial charge in [0.25, 0.3) is 5.88 Å². The lowest BCUT2D eigenvalue weighted by molar-refractivity contribution is 0.380. The maximum absolute atomic E-state index is 5.82. The first kappa shape index (κ1) is 9.57. The van der Waals surface area contributed by atoms with Crippen LogP contribution in [0.15, 0.2) is 40.3 Å². The molecular weight excluding hydrogens is 194 g/mol. The summed E-state index contributed by atoms with van der Waals surface area (Å²) >= 11 is 0. The number of aromatic nitrogens is 2. The fraction of sp³-hybridized carbons (Fsp3) is 0.333. The van der Waals surface area contributed by atoms with Gasteiger partial charge >= 0.3 is 6.01 Å². The molecular formula is C9H11N5O. The van der Waals surface area contributed by atoms with E-state index in [0.717, 1.165) is 0 Å². The largest absolute Gasteiger partial charge is 0.402 e. The molecule has 2 N–H and O–H groups in total. The number of nitrogens with zero attached hydrogens (tertiary/aromatic N) is 4. The molecule has 0 saturated carbocycles. The zero-order valence-electron chi connectivity index (χ0n) is 8.51. The number of nitrogens with two attached hydrogens (primary N) is 1. The summed E-state index contributed by atoms with van der Waals surface area (Å²) in [6.07, 6.45) is 3.16. The van der Waals surface area contributed by atoms with Crippen molar-refractivity contribution in [2.45, 2.75) is 19.4 Å². The average molecular weight is 205 g/mol. The molecule has 78 valence electrons. The maximum Gasteiger partial charge on any atom is 0.323 e. The minimum atomic E-state index is -0.510. The van der Waals surface area contributed by atoms with E-state index in [1.807, 2.05) is 13.8 Å². The predicted octanol–water partition coefficient (Wildman–Crippen LogP) is 1.23. The smallest absolute Gasteiger partial charge is 0.323 e. The minimum absolute atomic E-state index is 0.215. The van der Waals surface area contributed by atoms with Crippen molar-refractivity contribution in [2.75, 3.05) is 0 Å². The third kappa shape index (κ3) is 1.78. The Bertz CT molecular complexity index is 423. The van der Waals surface area contributed by atoms with Crippen LogP contribution in [0.1, 0.15) is 13.8 Å². The third-order valence-electron chi connectivity index (χ3n) is 2.01. The van der Waals surface area contributed by atoms with Gasteiger partial charge in [0.1, 0.15) is 11.2 Å². The molecule has 2 heterocycles. The summed E-state index contributed by atoms with van der Waals surface area (Å²) in [5.41, 5.74) is 5.79. The molecule has 0 amide bonds. The van der Waals surface area contributed by atoms with Gasteiger partial charge < -0.3 is 10.5 Å². The molecule has 6 nitrogen and oxygen atoms in total. The van der Waals surface area contributed by atoms with Gasteiger partial charge in [-0.25, -0.2) is 9.97 Å². The zero-order valence-corrected chi connectivity index (χ0v) is 8.51. The first-order chi connectivity index (χ1) is 7.09. The number of hydrogen-bond donors (Lipinski definition) is 1. The van der Waals surface area contributed by atoms with E-state index in [-0.39, 0.29) is 11.9 Å². The summed E-state index contributed by atoms with van der Waals surface area (Å²) in [4.78, 5) is 7.80. The summed E-state index contributed by atoms with van der Waals surface area (Å²) < 4.78 is 5.30. The standard InChI is InChI=1S/C9H11N5O/c1-9(2)6(10)7(13-14-9)15-8-11-4-3-5-12-8/h3-5H,10H2,1-2H3. The van der Waals surface area contributed by atoms with E-state index < -0.39 is 5.54 Å². The lowest BCUT2D eigenvalue weighted by atomic mass is 10.0. The van der Waals surface area contributed by atoms with Gasteiger partial charge in [0.05, 0.1) is 0 Å². The fourth-order valence-electron chi connectivity index (χ4n) is 1.04. The Morgan fingerprint density at radius 1 is 1.27 bits per heavy atom. The van der Waals surface area contributed by atoms with Crippen molar-refractivity contribution in [2.24, 2.45) is 16.0 Å². The average Bonchev–Trinajstić information content (AvgIpc) is 2.47. The monoisotopic (exact) mass is 205 g/mol. The van der Waals surface area contributed by atoms with Crippen molar-refractivity contribution in [3.63, 3.8) is 0 Å². The van der Waals surface area contributed by atoms with Crippen LogP contribution in [0.2, 0.25) is 0 Å². The summed E-state index contributed by atoms with van der Waals surface area (Å²) in [6.45, 7) is 3.71. The van der Waals surface area contributed by atoms with Crippen LogP contribution < -0.4 is 10.5 Å². The number of ether oxygens (including phenoxy) is 1. The van der Waals surface area contributed by atoms with Gasteiger partial charge in [-0.1, -0.05) is 0 Å². The molecule has 6 heteroatoms. The van der Waals surface area contributed by atoms with Crippen LogP contribution in [0.25, 0.3) is 0 Å². The quantitative estimate of drug-likeness (QED) is 0.786. The molecule has 0 saturated heterocycles. The van der Waals surface area contributed by atoms with Crippen LogP contribution in [-0.2, 0) is 0 Å². The van der Waals surface area contributed by atoms with Crippen LogP contribution >= 0.6 is 0 Å². The van der Waals surface area contributed by atoms with Gasteiger partial charge in [0.2, 0.25) is 0 Å². The molecule has 0 spiro atoms. The molecule has 0 aliphatic carbocycles. The van der Waals surface area contributed by atoms with E-state index in [0.29, 0.717) is 5.70 Å². The second-order valence-corrected chi connectivity index (χ2v) is 3.61. The van der Waals surface area contributed by atoms with Crippen LogP contribution in [0.3, 0.4) is 0 Å². The van der Waals surface area contributed by atoms with Crippen molar-refractivity contribution in [1.29, 1.82) is 0 Å². The normalized spacial score (nSPS) is 18.3. The highest BCUT2D eigenvalue weighted by Gasteiger charge is 2.31. The molecule has 1 aromatic heterocycles. The van der Waals surface area contributed by atoms with E-state index in [4.69, 9.17) is 10.5 Å². The molecule has 0 aromatic carbocycles. The lowest BCUT2D eigenvalue weighted by Crippen LogP contribution is -2.24. The second kappa shape index (κ2) is 3.30. The first-order valence-corrected chi connectivity index (χ1v) is 4.47. The Morgan fingerprint density at radius 3 is 2.47 bits per heavy atom. The molecule has 0 radical (unpaired) electrons. The number of rotatable bonds is 2. The Morgan fingerprint density at radius 2 is 1.93 bits per heavy atom. The van der Waals surface area contributed by atoms with E-state index in [1.165, 1.54) is 0 Å². The molecule has 1 aliphatic heterocycles. The topological polar surface area (TPSA) is 85.8 Å². The number of hydrogen-bond acceptors (Lipinski definition) is 6. The van der Waals surface area contributed by atoms with Crippen molar-refractivity contribution in [1.82, 2.24) is 9.97 Å². The summed E-state index contributed by atoms with van der Waals surface area (Å²) in [7, 11) is 0. The van der Waals surface area contributed by atoms with Crippen molar-refractivity contribution in [3.05, 3.63) is 30.0 Å². The van der Waals surface area contributed by atoms with Crippen molar-refractivity contribution >= 4 is 0 Å². The van der Waals surface area contributed by atoms with E-state index in [2.05, 4.69) is 20.2 Å². The van der Waals surface area contributed by atoms with Gasteiger partial charge in [-0.2, -0.15) is 5.11 Å². The van der Waals surface area contributed by atoms with Gasteiger partial charge in [0.15, 0.2) is 0 Å². The minimum Gasteiger partial charge on any atom is -0.402 e. The maximum atomic E-state index is 5.82. The summed E-state index contributed by atoms with van der Waals surface area (Å²) in [5.74, 6) is 0.270. The zero-order chi connectivity index (χ0) is 10.9. The van der Waals surface area contributed by atoms with E-state index >= 15 is 0 Å². The molecule has 1 aliphatic rings. The molecule has 0 bridgehead atoms. The molecule has 0 fully saturated rings. The molecule has 0 unspecified atom stereocenters. The third-order valence-corrected chi connectivity index (χ3v) is 2.01. The van der Waals surface area contributed by atoms with Crippen molar-refractivity contribution in [3.8, 4) is 6.01 Å². The molecule has 2 rings (SSSR count).